The number of hydrogen-bond donors (Lipinski definition) is 2. The first-order valence-electron chi connectivity index (χ1n) is 6.73. The molecule has 0 spiro atoms. The molecule has 0 saturated carbocycles. The molecule has 0 bridgehead atoms. The van der Waals surface area contributed by atoms with E-state index in [0.29, 0.717) is 45.0 Å². The van der Waals surface area contributed by atoms with Gasteiger partial charge in [-0.25, -0.2) is 0 Å². The summed E-state index contributed by atoms with van der Waals surface area (Å²) in [4.78, 5) is 13.8. The lowest BCUT2D eigenvalue weighted by atomic mass is 10.2. The van der Waals surface area contributed by atoms with Gasteiger partial charge in [0.2, 0.25) is 5.91 Å². The number of anilines is 2. The maximum Gasteiger partial charge on any atom is 0.224 e. The van der Waals surface area contributed by atoms with Crippen LogP contribution >= 0.6 is 0 Å². The van der Waals surface area contributed by atoms with Crippen LogP contribution in [-0.4, -0.2) is 50.8 Å². The highest BCUT2D eigenvalue weighted by atomic mass is 16.5. The topological polar surface area (TPSA) is 76.8 Å². The summed E-state index contributed by atoms with van der Waals surface area (Å²) in [5, 5.41) is 3.17. The Morgan fingerprint density at radius 2 is 2.20 bits per heavy atom. The summed E-state index contributed by atoms with van der Waals surface area (Å²) in [5.74, 6) is 0.866. The molecule has 3 N–H and O–H groups in total. The van der Waals surface area contributed by atoms with E-state index in [4.69, 9.17) is 15.2 Å². The standard InChI is InChI=1S/C14H21N3O3/c1-19-11-2-3-13(12(15)10-11)16-5-4-14(18)17-6-8-20-9-7-17/h2-3,10,16H,4-9,15H2,1H3. The van der Waals surface area contributed by atoms with Gasteiger partial charge in [-0.3, -0.25) is 4.79 Å². The second-order valence-electron chi connectivity index (χ2n) is 4.62. The van der Waals surface area contributed by atoms with Gasteiger partial charge in [0, 0.05) is 32.1 Å². The Morgan fingerprint density at radius 3 is 2.85 bits per heavy atom. The summed E-state index contributed by atoms with van der Waals surface area (Å²) in [5.41, 5.74) is 7.34. The second-order valence-corrected chi connectivity index (χ2v) is 4.62. The van der Waals surface area contributed by atoms with Crippen LogP contribution in [-0.2, 0) is 9.53 Å². The molecule has 1 aromatic carbocycles. The molecule has 0 aliphatic carbocycles. The molecule has 1 amide bonds. The van der Waals surface area contributed by atoms with Crippen LogP contribution in [0, 0.1) is 0 Å². The molecule has 1 aliphatic heterocycles. The molecule has 1 aromatic rings. The maximum absolute atomic E-state index is 12.0. The Balaban J connectivity index is 1.79. The van der Waals surface area contributed by atoms with Gasteiger partial charge in [-0.1, -0.05) is 0 Å². The first-order valence-corrected chi connectivity index (χ1v) is 6.73. The molecule has 1 aliphatic rings. The van der Waals surface area contributed by atoms with E-state index in [9.17, 15) is 4.79 Å². The van der Waals surface area contributed by atoms with Crippen LogP contribution in [0.4, 0.5) is 11.4 Å². The Morgan fingerprint density at radius 1 is 1.45 bits per heavy atom. The SMILES string of the molecule is COc1ccc(NCCC(=O)N2CCOCC2)c(N)c1. The highest BCUT2D eigenvalue weighted by molar-refractivity contribution is 5.77. The van der Waals surface area contributed by atoms with Crippen LogP contribution in [0.1, 0.15) is 6.42 Å². The molecule has 6 heteroatoms. The number of carbonyl (C=O) groups is 1. The van der Waals surface area contributed by atoms with Crippen LogP contribution in [0.25, 0.3) is 0 Å². The number of nitrogens with one attached hydrogen (secondary N) is 1. The molecule has 1 heterocycles. The van der Waals surface area contributed by atoms with Gasteiger partial charge in [0.05, 0.1) is 31.7 Å². The predicted octanol–water partition coefficient (Wildman–Crippen LogP) is 0.938. The summed E-state index contributed by atoms with van der Waals surface area (Å²) >= 11 is 0. The van der Waals surface area contributed by atoms with E-state index in [1.165, 1.54) is 0 Å². The zero-order chi connectivity index (χ0) is 14.4. The molecule has 20 heavy (non-hydrogen) atoms. The third-order valence-electron chi connectivity index (χ3n) is 3.28. The maximum atomic E-state index is 12.0. The minimum absolute atomic E-state index is 0.146. The van der Waals surface area contributed by atoms with Crippen LogP contribution < -0.4 is 15.8 Å². The number of nitrogens with zero attached hydrogens (tertiary/aromatic N) is 1. The van der Waals surface area contributed by atoms with Crippen molar-refractivity contribution in [1.29, 1.82) is 0 Å². The molecule has 0 atom stereocenters. The van der Waals surface area contributed by atoms with Crippen LogP contribution in [0.15, 0.2) is 18.2 Å². The number of amides is 1. The van der Waals surface area contributed by atoms with Gasteiger partial charge in [0.15, 0.2) is 0 Å². The number of methoxy groups -OCH3 is 1. The summed E-state index contributed by atoms with van der Waals surface area (Å²) in [6.07, 6.45) is 0.450. The van der Waals surface area contributed by atoms with E-state index in [1.807, 2.05) is 17.0 Å². The number of carbonyl (C=O) groups excluding carboxylic acids is 1. The normalized spacial score (nSPS) is 14.9. The lowest BCUT2D eigenvalue weighted by molar-refractivity contribution is -0.134. The van der Waals surface area contributed by atoms with Crippen molar-refractivity contribution in [3.63, 3.8) is 0 Å². The lowest BCUT2D eigenvalue weighted by Crippen LogP contribution is -2.41. The summed E-state index contributed by atoms with van der Waals surface area (Å²) in [6, 6.07) is 5.45. The van der Waals surface area contributed by atoms with Crippen molar-refractivity contribution in [2.75, 3.05) is 51.0 Å². The Hall–Kier alpha value is -1.95. The first-order chi connectivity index (χ1) is 9.70. The monoisotopic (exact) mass is 279 g/mol. The van der Waals surface area contributed by atoms with Gasteiger partial charge in [-0.2, -0.15) is 0 Å². The lowest BCUT2D eigenvalue weighted by Gasteiger charge is -2.27. The van der Waals surface area contributed by atoms with Crippen molar-refractivity contribution < 1.29 is 14.3 Å². The van der Waals surface area contributed by atoms with E-state index < -0.39 is 0 Å². The third kappa shape index (κ3) is 3.77. The molecule has 6 nitrogen and oxygen atoms in total. The fourth-order valence-electron chi connectivity index (χ4n) is 2.10. The number of hydrogen-bond acceptors (Lipinski definition) is 5. The number of rotatable bonds is 5. The van der Waals surface area contributed by atoms with Crippen molar-refractivity contribution >= 4 is 17.3 Å². The summed E-state index contributed by atoms with van der Waals surface area (Å²) in [6.45, 7) is 3.19. The third-order valence-corrected chi connectivity index (χ3v) is 3.28. The number of morpholine rings is 1. The van der Waals surface area contributed by atoms with Gasteiger partial charge in [0.1, 0.15) is 5.75 Å². The zero-order valence-corrected chi connectivity index (χ0v) is 11.7. The number of nitrogens with two attached hydrogens (primary N) is 1. The number of ether oxygens (including phenoxy) is 2. The molecule has 1 fully saturated rings. The fraction of sp³-hybridized carbons (Fsp3) is 0.500. The van der Waals surface area contributed by atoms with E-state index in [2.05, 4.69) is 5.32 Å². The average molecular weight is 279 g/mol. The van der Waals surface area contributed by atoms with Gasteiger partial charge in [0.25, 0.3) is 0 Å². The van der Waals surface area contributed by atoms with Gasteiger partial charge < -0.3 is 25.4 Å². The van der Waals surface area contributed by atoms with Crippen molar-refractivity contribution in [1.82, 2.24) is 4.90 Å². The van der Waals surface area contributed by atoms with E-state index >= 15 is 0 Å². The van der Waals surface area contributed by atoms with Crippen molar-refractivity contribution in [3.05, 3.63) is 18.2 Å². The molecular weight excluding hydrogens is 258 g/mol. The van der Waals surface area contributed by atoms with Crippen LogP contribution in [0.2, 0.25) is 0 Å². The Labute approximate surface area is 118 Å². The minimum Gasteiger partial charge on any atom is -0.497 e. The van der Waals surface area contributed by atoms with E-state index in [0.717, 1.165) is 11.4 Å². The van der Waals surface area contributed by atoms with Crippen molar-refractivity contribution in [3.8, 4) is 5.75 Å². The smallest absolute Gasteiger partial charge is 0.224 e. The van der Waals surface area contributed by atoms with Crippen LogP contribution in [0.5, 0.6) is 5.75 Å². The number of nitrogen functional groups attached to an aromatic ring is 1. The van der Waals surface area contributed by atoms with Crippen molar-refractivity contribution in [2.45, 2.75) is 6.42 Å². The summed E-state index contributed by atoms with van der Waals surface area (Å²) < 4.78 is 10.3. The molecule has 0 unspecified atom stereocenters. The quantitative estimate of drug-likeness (QED) is 0.784. The second kappa shape index (κ2) is 7.00. The largest absolute Gasteiger partial charge is 0.497 e. The van der Waals surface area contributed by atoms with Gasteiger partial charge in [-0.05, 0) is 12.1 Å². The average Bonchev–Trinajstić information content (AvgIpc) is 2.49. The molecule has 110 valence electrons. The minimum atomic E-state index is 0.146. The molecule has 2 rings (SSSR count). The zero-order valence-electron chi connectivity index (χ0n) is 11.7. The molecular formula is C14H21N3O3. The van der Waals surface area contributed by atoms with Gasteiger partial charge >= 0.3 is 0 Å². The predicted molar refractivity (Wildman–Crippen MR) is 77.9 cm³/mol. The van der Waals surface area contributed by atoms with E-state index in [1.54, 1.807) is 13.2 Å². The highest BCUT2D eigenvalue weighted by Gasteiger charge is 2.16. The Kier molecular flexibility index (Phi) is 5.06. The molecule has 0 aromatic heterocycles. The first kappa shape index (κ1) is 14.5. The molecule has 0 radical (unpaired) electrons. The van der Waals surface area contributed by atoms with Crippen LogP contribution in [0.3, 0.4) is 0 Å². The Bertz CT molecular complexity index is 459. The van der Waals surface area contributed by atoms with Crippen molar-refractivity contribution in [2.24, 2.45) is 0 Å². The molecule has 1 saturated heterocycles. The van der Waals surface area contributed by atoms with Gasteiger partial charge in [-0.15, -0.1) is 0 Å². The highest BCUT2D eigenvalue weighted by Crippen LogP contribution is 2.23. The van der Waals surface area contributed by atoms with E-state index in [-0.39, 0.29) is 5.91 Å². The summed E-state index contributed by atoms with van der Waals surface area (Å²) in [7, 11) is 1.60. The number of benzene rings is 1. The fourth-order valence-corrected chi connectivity index (χ4v) is 2.10.